The Kier molecular flexibility index (Phi) is 2.98. The lowest BCUT2D eigenvalue weighted by molar-refractivity contribution is -0.160. The molecule has 1 aliphatic heterocycles. The lowest BCUT2D eigenvalue weighted by atomic mass is 9.98. The van der Waals surface area contributed by atoms with E-state index in [9.17, 15) is 14.7 Å². The van der Waals surface area contributed by atoms with Crippen molar-refractivity contribution in [2.24, 2.45) is 0 Å². The van der Waals surface area contributed by atoms with Gasteiger partial charge >= 0.3 is 11.9 Å². The highest BCUT2D eigenvalue weighted by Gasteiger charge is 2.47. The third-order valence-electron chi connectivity index (χ3n) is 3.42. The highest BCUT2D eigenvalue weighted by atomic mass is 32.1. The fourth-order valence-corrected chi connectivity index (χ4v) is 3.69. The molecule has 0 amide bonds. The van der Waals surface area contributed by atoms with E-state index in [1.807, 2.05) is 0 Å². The summed E-state index contributed by atoms with van der Waals surface area (Å²) in [4.78, 5) is 27.1. The molecular weight excluding hydrogens is 284 g/mol. The number of rotatable bonds is 4. The third-order valence-corrected chi connectivity index (χ3v) is 4.52. The number of thiophene rings is 1. The molecule has 7 nitrogen and oxygen atoms in total. The number of aliphatic carboxylic acids is 2. The second kappa shape index (κ2) is 4.57. The van der Waals surface area contributed by atoms with E-state index in [0.29, 0.717) is 35.4 Å². The molecule has 20 heavy (non-hydrogen) atoms. The van der Waals surface area contributed by atoms with E-state index in [1.54, 1.807) is 5.38 Å². The zero-order valence-electron chi connectivity index (χ0n) is 10.4. The van der Waals surface area contributed by atoms with Crippen molar-refractivity contribution in [1.29, 1.82) is 0 Å². The van der Waals surface area contributed by atoms with Crippen LogP contribution in [0.4, 0.5) is 0 Å². The molecule has 1 saturated heterocycles. The second-order valence-corrected chi connectivity index (χ2v) is 5.53. The maximum atomic E-state index is 11.6. The number of carbonyl (C=O) groups is 2. The molecule has 106 valence electrons. The van der Waals surface area contributed by atoms with Crippen LogP contribution in [0.15, 0.2) is 11.7 Å². The number of hydrogen-bond donors (Lipinski definition) is 2. The summed E-state index contributed by atoms with van der Waals surface area (Å²) in [6.07, 6.45) is 2.50. The highest BCUT2D eigenvalue weighted by molar-refractivity contribution is 7.11. The molecule has 1 aliphatic rings. The van der Waals surface area contributed by atoms with Crippen LogP contribution in [0.1, 0.15) is 17.7 Å². The number of ether oxygens (including phenoxy) is 1. The van der Waals surface area contributed by atoms with E-state index in [-0.39, 0.29) is 6.54 Å². The fraction of sp³-hybridized carbons (Fsp3) is 0.417. The van der Waals surface area contributed by atoms with E-state index in [0.717, 1.165) is 0 Å². The number of hydrogen-bond acceptors (Lipinski definition) is 5. The van der Waals surface area contributed by atoms with Gasteiger partial charge in [-0.3, -0.25) is 4.79 Å². The number of carboxylic acid groups (broad SMARTS) is 2. The molecular formula is C12H12N2O5S. The lowest BCUT2D eigenvalue weighted by Gasteiger charge is -2.21. The van der Waals surface area contributed by atoms with Gasteiger partial charge in [-0.2, -0.15) is 0 Å². The Morgan fingerprint density at radius 3 is 2.90 bits per heavy atom. The van der Waals surface area contributed by atoms with Crippen molar-refractivity contribution in [3.8, 4) is 0 Å². The first-order valence-electron chi connectivity index (χ1n) is 6.06. The normalized spacial score (nSPS) is 22.4. The van der Waals surface area contributed by atoms with Crippen LogP contribution in [-0.4, -0.2) is 38.3 Å². The zero-order valence-corrected chi connectivity index (χ0v) is 11.2. The molecule has 0 bridgehead atoms. The Labute approximate surface area is 117 Å². The van der Waals surface area contributed by atoms with Crippen molar-refractivity contribution in [1.82, 2.24) is 9.55 Å². The van der Waals surface area contributed by atoms with Crippen LogP contribution < -0.4 is 0 Å². The Morgan fingerprint density at radius 2 is 2.30 bits per heavy atom. The van der Waals surface area contributed by atoms with Crippen molar-refractivity contribution in [2.75, 3.05) is 6.61 Å². The summed E-state index contributed by atoms with van der Waals surface area (Å²) in [7, 11) is 0. The molecule has 2 N–H and O–H groups in total. The van der Waals surface area contributed by atoms with Gasteiger partial charge in [0, 0.05) is 12.0 Å². The summed E-state index contributed by atoms with van der Waals surface area (Å²) in [6.45, 7) is 0.204. The number of fused-ring (bicyclic) bond motifs is 1. The van der Waals surface area contributed by atoms with Gasteiger partial charge in [0.25, 0.3) is 0 Å². The topological polar surface area (TPSA) is 102 Å². The van der Waals surface area contributed by atoms with Crippen LogP contribution >= 0.6 is 11.3 Å². The van der Waals surface area contributed by atoms with Gasteiger partial charge in [-0.15, -0.1) is 11.3 Å². The molecule has 1 fully saturated rings. The molecule has 3 heterocycles. The first-order chi connectivity index (χ1) is 9.54. The predicted octanol–water partition coefficient (Wildman–Crippen LogP) is 1.27. The number of carboxylic acids is 2. The van der Waals surface area contributed by atoms with Crippen LogP contribution in [0.5, 0.6) is 0 Å². The van der Waals surface area contributed by atoms with Crippen molar-refractivity contribution >= 4 is 34.3 Å². The molecule has 1 atom stereocenters. The van der Waals surface area contributed by atoms with Gasteiger partial charge in [0.2, 0.25) is 5.60 Å². The van der Waals surface area contributed by atoms with Gasteiger partial charge < -0.3 is 19.5 Å². The summed E-state index contributed by atoms with van der Waals surface area (Å²) in [5, 5.41) is 20.1. The summed E-state index contributed by atoms with van der Waals surface area (Å²) >= 11 is 1.25. The smallest absolute Gasteiger partial charge is 0.341 e. The summed E-state index contributed by atoms with van der Waals surface area (Å²) < 4.78 is 6.98. The minimum atomic E-state index is -1.34. The lowest BCUT2D eigenvalue weighted by Crippen LogP contribution is -2.34. The van der Waals surface area contributed by atoms with E-state index in [2.05, 4.69) is 4.98 Å². The molecule has 0 radical (unpaired) electrons. The highest BCUT2D eigenvalue weighted by Crippen LogP contribution is 2.42. The Balaban J connectivity index is 2.11. The molecule has 0 aliphatic carbocycles. The SMILES string of the molecule is O=C(O)Cn1cnc2c(C3(C(=O)O)CCCO3)scc21. The van der Waals surface area contributed by atoms with Crippen LogP contribution in [0.25, 0.3) is 11.0 Å². The van der Waals surface area contributed by atoms with Gasteiger partial charge in [0.15, 0.2) is 0 Å². The quantitative estimate of drug-likeness (QED) is 0.881. The summed E-state index contributed by atoms with van der Waals surface area (Å²) in [5.74, 6) is -1.99. The van der Waals surface area contributed by atoms with Crippen LogP contribution in [0.3, 0.4) is 0 Å². The van der Waals surface area contributed by atoms with E-state index in [1.165, 1.54) is 22.2 Å². The van der Waals surface area contributed by atoms with Crippen LogP contribution in [0, 0.1) is 0 Å². The van der Waals surface area contributed by atoms with Gasteiger partial charge in [-0.05, 0) is 12.8 Å². The van der Waals surface area contributed by atoms with Crippen molar-refractivity contribution < 1.29 is 24.5 Å². The molecule has 1 unspecified atom stereocenters. The molecule has 3 rings (SSSR count). The van der Waals surface area contributed by atoms with Gasteiger partial charge in [-0.25, -0.2) is 9.78 Å². The molecule has 8 heteroatoms. The standard InChI is InChI=1S/C12H12N2O5S/c15-8(16)4-14-6-13-9-7(14)5-20-10(9)12(11(17)18)2-1-3-19-12/h5-6H,1-4H2,(H,15,16)(H,17,18). The third kappa shape index (κ3) is 1.80. The number of imidazole rings is 1. The minimum Gasteiger partial charge on any atom is -0.480 e. The van der Waals surface area contributed by atoms with E-state index in [4.69, 9.17) is 9.84 Å². The zero-order chi connectivity index (χ0) is 14.3. The average molecular weight is 296 g/mol. The monoisotopic (exact) mass is 296 g/mol. The molecule has 2 aromatic heterocycles. The maximum Gasteiger partial charge on any atom is 0.341 e. The average Bonchev–Trinajstić information content (AvgIpc) is 3.05. The largest absolute Gasteiger partial charge is 0.480 e. The van der Waals surface area contributed by atoms with Crippen molar-refractivity contribution in [2.45, 2.75) is 25.0 Å². The van der Waals surface area contributed by atoms with Crippen LogP contribution in [-0.2, 0) is 26.5 Å². The Hall–Kier alpha value is -1.93. The number of aromatic nitrogens is 2. The summed E-state index contributed by atoms with van der Waals surface area (Å²) in [6, 6.07) is 0. The number of nitrogens with zero attached hydrogens (tertiary/aromatic N) is 2. The first kappa shape index (κ1) is 13.1. The van der Waals surface area contributed by atoms with Crippen molar-refractivity contribution in [3.05, 3.63) is 16.6 Å². The summed E-state index contributed by atoms with van der Waals surface area (Å²) in [5.41, 5.74) is -0.196. The second-order valence-electron chi connectivity index (χ2n) is 4.65. The molecule has 2 aromatic rings. The molecule has 0 saturated carbocycles. The van der Waals surface area contributed by atoms with Gasteiger partial charge in [0.05, 0.1) is 16.7 Å². The van der Waals surface area contributed by atoms with Gasteiger partial charge in [-0.1, -0.05) is 0 Å². The Morgan fingerprint density at radius 1 is 1.50 bits per heavy atom. The minimum absolute atomic E-state index is 0.201. The molecule has 0 aromatic carbocycles. The van der Waals surface area contributed by atoms with Crippen molar-refractivity contribution in [3.63, 3.8) is 0 Å². The van der Waals surface area contributed by atoms with Gasteiger partial charge in [0.1, 0.15) is 12.1 Å². The van der Waals surface area contributed by atoms with E-state index >= 15 is 0 Å². The molecule has 0 spiro atoms. The fourth-order valence-electron chi connectivity index (χ4n) is 2.50. The predicted molar refractivity (Wildman–Crippen MR) is 69.7 cm³/mol. The Bertz CT molecular complexity index is 683. The van der Waals surface area contributed by atoms with E-state index < -0.39 is 17.5 Å². The maximum absolute atomic E-state index is 11.6. The van der Waals surface area contributed by atoms with Crippen LogP contribution in [0.2, 0.25) is 0 Å². The first-order valence-corrected chi connectivity index (χ1v) is 6.94.